The van der Waals surface area contributed by atoms with Crippen molar-refractivity contribution in [3.8, 4) is 0 Å². The van der Waals surface area contributed by atoms with Crippen molar-refractivity contribution in [2.24, 2.45) is 0 Å². The molecule has 0 heterocycles. The van der Waals surface area contributed by atoms with Crippen LogP contribution in [0.2, 0.25) is 0 Å². The van der Waals surface area contributed by atoms with Gasteiger partial charge in [0.2, 0.25) is 0 Å². The second-order valence-electron chi connectivity index (χ2n) is 2.77. The third-order valence-electron chi connectivity index (χ3n) is 1.97. The summed E-state index contributed by atoms with van der Waals surface area (Å²) >= 11 is 0. The van der Waals surface area contributed by atoms with Gasteiger partial charge in [0.05, 0.1) is 0 Å². The minimum atomic E-state index is -1.09. The first-order valence-electron chi connectivity index (χ1n) is 4.16. The molecule has 0 aliphatic heterocycles. The first-order chi connectivity index (χ1) is 5.79. The monoisotopic (exact) mass is 178 g/mol. The summed E-state index contributed by atoms with van der Waals surface area (Å²) in [5.74, 6) is 0. The van der Waals surface area contributed by atoms with Crippen molar-refractivity contribution < 1.29 is 4.80 Å². The Morgan fingerprint density at radius 3 is 2.75 bits per heavy atom. The van der Waals surface area contributed by atoms with Gasteiger partial charge in [0, 0.05) is 0 Å². The predicted octanol–water partition coefficient (Wildman–Crippen LogP) is 1.30. The molecule has 0 saturated heterocycles. The zero-order chi connectivity index (χ0) is 8.97. The fourth-order valence-electron chi connectivity index (χ4n) is 1.26. The molecule has 1 rings (SSSR count). The second-order valence-corrected chi connectivity index (χ2v) is 3.94. The van der Waals surface area contributed by atoms with E-state index < -0.39 is 9.76 Å². The predicted molar refractivity (Wildman–Crippen MR) is 55.6 cm³/mol. The maximum Gasteiger partial charge on any atom is 0.187 e. The van der Waals surface area contributed by atoms with Gasteiger partial charge >= 0.3 is 0 Å². The average molecular weight is 178 g/mol. The van der Waals surface area contributed by atoms with Gasteiger partial charge in [0.15, 0.2) is 9.76 Å². The first kappa shape index (κ1) is 9.23. The van der Waals surface area contributed by atoms with Gasteiger partial charge < -0.3 is 4.80 Å². The van der Waals surface area contributed by atoms with Crippen LogP contribution in [0.15, 0.2) is 30.8 Å². The molecule has 0 atom stereocenters. The Hall–Kier alpha value is -0.863. The van der Waals surface area contributed by atoms with Crippen molar-refractivity contribution in [2.75, 3.05) is 0 Å². The largest absolute Gasteiger partial charge is 0.433 e. The van der Waals surface area contributed by atoms with Crippen LogP contribution in [0.25, 0.3) is 5.20 Å². The molecule has 64 valence electrons. The summed E-state index contributed by atoms with van der Waals surface area (Å²) in [5.41, 5.74) is 2.43. The van der Waals surface area contributed by atoms with Crippen molar-refractivity contribution >= 4 is 15.0 Å². The topological polar surface area (TPSA) is 20.2 Å². The zero-order valence-electron chi connectivity index (χ0n) is 7.38. The van der Waals surface area contributed by atoms with Gasteiger partial charge in [-0.25, -0.2) is 0 Å². The number of rotatable bonds is 3. The summed E-state index contributed by atoms with van der Waals surface area (Å²) in [6.45, 7) is 5.98. The molecule has 0 aromatic heterocycles. The van der Waals surface area contributed by atoms with Gasteiger partial charge in [0.1, 0.15) is 0 Å². The molecule has 0 radical (unpaired) electrons. The van der Waals surface area contributed by atoms with Crippen molar-refractivity contribution in [2.45, 2.75) is 13.3 Å². The standard InChI is InChI=1S/C10H14OSi/c1-3-9-6-4-5-7-10(9)8(2)12-11/h4-7,11H,2-3,12H2,1H3. The summed E-state index contributed by atoms with van der Waals surface area (Å²) < 4.78 is 0. The molecule has 0 bridgehead atoms. The van der Waals surface area contributed by atoms with Crippen LogP contribution in [-0.2, 0) is 6.42 Å². The quantitative estimate of drug-likeness (QED) is 0.692. The Morgan fingerprint density at radius 2 is 2.17 bits per heavy atom. The van der Waals surface area contributed by atoms with Crippen LogP contribution in [0.1, 0.15) is 18.1 Å². The summed E-state index contributed by atoms with van der Waals surface area (Å²) in [7, 11) is -1.09. The van der Waals surface area contributed by atoms with E-state index in [9.17, 15) is 0 Å². The lowest BCUT2D eigenvalue weighted by Crippen LogP contribution is -1.96. The van der Waals surface area contributed by atoms with Crippen LogP contribution in [-0.4, -0.2) is 14.6 Å². The molecule has 1 N–H and O–H groups in total. The molecule has 0 aliphatic carbocycles. The Morgan fingerprint density at radius 1 is 1.50 bits per heavy atom. The molecule has 0 saturated carbocycles. The molecule has 1 nitrogen and oxygen atoms in total. The Labute approximate surface area is 75.7 Å². The van der Waals surface area contributed by atoms with Crippen LogP contribution < -0.4 is 0 Å². The fraction of sp³-hybridized carbons (Fsp3) is 0.200. The highest BCUT2D eigenvalue weighted by atomic mass is 28.2. The van der Waals surface area contributed by atoms with E-state index in [1.54, 1.807) is 0 Å². The Balaban J connectivity index is 3.04. The van der Waals surface area contributed by atoms with Crippen molar-refractivity contribution in [1.29, 1.82) is 0 Å². The number of hydrogen-bond donors (Lipinski definition) is 1. The summed E-state index contributed by atoms with van der Waals surface area (Å²) in [6.07, 6.45) is 1.00. The molecule has 1 aromatic rings. The minimum Gasteiger partial charge on any atom is -0.433 e. The number of benzene rings is 1. The van der Waals surface area contributed by atoms with E-state index in [1.807, 2.05) is 18.2 Å². The van der Waals surface area contributed by atoms with Crippen LogP contribution in [0.3, 0.4) is 0 Å². The van der Waals surface area contributed by atoms with E-state index >= 15 is 0 Å². The van der Waals surface area contributed by atoms with E-state index in [-0.39, 0.29) is 0 Å². The summed E-state index contributed by atoms with van der Waals surface area (Å²) in [6, 6.07) is 8.13. The smallest absolute Gasteiger partial charge is 0.187 e. The van der Waals surface area contributed by atoms with E-state index in [2.05, 4.69) is 19.6 Å². The van der Waals surface area contributed by atoms with Crippen LogP contribution >= 0.6 is 0 Å². The molecule has 2 heteroatoms. The molecule has 1 aromatic carbocycles. The number of hydrogen-bond acceptors (Lipinski definition) is 1. The van der Waals surface area contributed by atoms with Gasteiger partial charge in [0.25, 0.3) is 0 Å². The van der Waals surface area contributed by atoms with E-state index in [0.717, 1.165) is 17.2 Å². The van der Waals surface area contributed by atoms with E-state index in [1.165, 1.54) is 5.56 Å². The lowest BCUT2D eigenvalue weighted by molar-refractivity contribution is 0.616. The first-order valence-corrected chi connectivity index (χ1v) is 5.50. The fourth-order valence-corrected chi connectivity index (χ4v) is 1.77. The zero-order valence-corrected chi connectivity index (χ0v) is 8.79. The van der Waals surface area contributed by atoms with Crippen molar-refractivity contribution in [3.05, 3.63) is 42.0 Å². The summed E-state index contributed by atoms with van der Waals surface area (Å²) in [5, 5.41) is 0.937. The highest BCUT2D eigenvalue weighted by molar-refractivity contribution is 6.53. The Kier molecular flexibility index (Phi) is 3.26. The van der Waals surface area contributed by atoms with Crippen LogP contribution in [0.5, 0.6) is 0 Å². The molecule has 0 aliphatic rings. The second kappa shape index (κ2) is 4.23. The molecule has 0 spiro atoms. The third kappa shape index (κ3) is 1.84. The molecule has 12 heavy (non-hydrogen) atoms. The summed E-state index contributed by atoms with van der Waals surface area (Å²) in [4.78, 5) is 9.05. The highest BCUT2D eigenvalue weighted by Crippen LogP contribution is 2.16. The van der Waals surface area contributed by atoms with Gasteiger partial charge in [-0.3, -0.25) is 0 Å². The lowest BCUT2D eigenvalue weighted by Gasteiger charge is -2.07. The molecule has 0 amide bonds. The molecular formula is C10H14OSi. The molecule has 0 fully saturated rings. The van der Waals surface area contributed by atoms with Crippen molar-refractivity contribution in [3.63, 3.8) is 0 Å². The highest BCUT2D eigenvalue weighted by Gasteiger charge is 2.01. The van der Waals surface area contributed by atoms with E-state index in [4.69, 9.17) is 4.80 Å². The number of aryl methyl sites for hydroxylation is 1. The van der Waals surface area contributed by atoms with Crippen molar-refractivity contribution in [1.82, 2.24) is 0 Å². The minimum absolute atomic E-state index is 0.937. The maximum atomic E-state index is 9.05. The van der Waals surface area contributed by atoms with Gasteiger partial charge in [-0.05, 0) is 22.7 Å². The normalized spacial score (nSPS) is 10.8. The lowest BCUT2D eigenvalue weighted by atomic mass is 10.1. The maximum absolute atomic E-state index is 9.05. The van der Waals surface area contributed by atoms with E-state index in [0.29, 0.717) is 0 Å². The average Bonchev–Trinajstić information content (AvgIpc) is 2.16. The van der Waals surface area contributed by atoms with Gasteiger partial charge in [-0.2, -0.15) is 0 Å². The Bertz CT molecular complexity index is 281. The third-order valence-corrected chi connectivity index (χ3v) is 2.73. The SMILES string of the molecule is C=C([SiH2]O)c1ccccc1CC. The molecule has 0 unspecified atom stereocenters. The van der Waals surface area contributed by atoms with Gasteiger partial charge in [-0.15, -0.1) is 0 Å². The van der Waals surface area contributed by atoms with Crippen LogP contribution in [0, 0.1) is 0 Å². The molecular weight excluding hydrogens is 164 g/mol. The van der Waals surface area contributed by atoms with Crippen LogP contribution in [0.4, 0.5) is 0 Å². The van der Waals surface area contributed by atoms with Gasteiger partial charge in [-0.1, -0.05) is 37.8 Å².